The van der Waals surface area contributed by atoms with Crippen LogP contribution in [0.2, 0.25) is 0 Å². The van der Waals surface area contributed by atoms with Gasteiger partial charge in [0, 0.05) is 34.3 Å². The Balaban J connectivity index is 1.75. The van der Waals surface area contributed by atoms with Gasteiger partial charge in [-0.3, -0.25) is 14.8 Å². The van der Waals surface area contributed by atoms with Gasteiger partial charge >= 0.3 is 0 Å². The van der Waals surface area contributed by atoms with Crippen molar-refractivity contribution in [3.05, 3.63) is 76.7 Å². The summed E-state index contributed by atoms with van der Waals surface area (Å²) < 4.78 is 0.604. The first-order valence-electron chi connectivity index (χ1n) is 8.08. The molecule has 0 radical (unpaired) electrons. The second kappa shape index (κ2) is 5.86. The smallest absolute Gasteiger partial charge is 0.269 e. The van der Waals surface area contributed by atoms with Crippen LogP contribution >= 0.6 is 11.3 Å². The largest absolute Gasteiger partial charge is 0.304 e. The number of thiophene rings is 1. The fourth-order valence-electron chi connectivity index (χ4n) is 2.98. The molecular formula is C20H12N4OS. The van der Waals surface area contributed by atoms with Crippen LogP contribution in [0.5, 0.6) is 0 Å². The minimum atomic E-state index is -0.152. The molecular weight excluding hydrogens is 344 g/mol. The van der Waals surface area contributed by atoms with Gasteiger partial charge in [-0.25, -0.2) is 4.98 Å². The third-order valence-corrected chi connectivity index (χ3v) is 5.20. The zero-order valence-electron chi connectivity index (χ0n) is 13.5. The van der Waals surface area contributed by atoms with Crippen molar-refractivity contribution in [3.63, 3.8) is 0 Å². The number of fused-ring (bicyclic) bond motifs is 2. The molecule has 0 bridgehead atoms. The van der Waals surface area contributed by atoms with E-state index in [9.17, 15) is 4.79 Å². The number of H-pyrrole nitrogens is 1. The number of rotatable bonds is 2. The van der Waals surface area contributed by atoms with Crippen molar-refractivity contribution in [2.45, 2.75) is 0 Å². The number of nitrogens with one attached hydrogen (secondary N) is 1. The molecule has 6 heteroatoms. The van der Waals surface area contributed by atoms with Gasteiger partial charge in [0.2, 0.25) is 0 Å². The van der Waals surface area contributed by atoms with E-state index in [1.807, 2.05) is 54.0 Å². The van der Waals surface area contributed by atoms with Crippen molar-refractivity contribution in [2.75, 3.05) is 0 Å². The Bertz CT molecular complexity index is 1310. The quantitative estimate of drug-likeness (QED) is 0.513. The normalized spacial score (nSPS) is 11.2. The predicted molar refractivity (Wildman–Crippen MR) is 104 cm³/mol. The van der Waals surface area contributed by atoms with Gasteiger partial charge in [0.25, 0.3) is 5.56 Å². The zero-order chi connectivity index (χ0) is 17.5. The second-order valence-corrected chi connectivity index (χ2v) is 6.75. The van der Waals surface area contributed by atoms with Crippen LogP contribution < -0.4 is 5.56 Å². The highest BCUT2D eigenvalue weighted by Gasteiger charge is 2.14. The maximum absolute atomic E-state index is 12.5. The van der Waals surface area contributed by atoms with Crippen molar-refractivity contribution in [1.82, 2.24) is 19.9 Å². The third kappa shape index (κ3) is 2.39. The Labute approximate surface area is 152 Å². The van der Waals surface area contributed by atoms with Gasteiger partial charge in [-0.05, 0) is 24.3 Å². The standard InChI is InChI=1S/C20H12N4OS/c25-20-18-17(23-19(24-20)16-7-3-4-8-21-16)14(11-26-18)13-9-12-5-1-2-6-15(12)22-10-13/h1-11H,(H,23,24,25). The monoisotopic (exact) mass is 356 g/mol. The molecule has 5 rings (SSSR count). The number of nitrogens with zero attached hydrogens (tertiary/aromatic N) is 3. The number of pyridine rings is 2. The molecule has 0 spiro atoms. The van der Waals surface area contributed by atoms with Gasteiger partial charge in [0.1, 0.15) is 10.4 Å². The van der Waals surface area contributed by atoms with Crippen LogP contribution in [0.4, 0.5) is 0 Å². The Morgan fingerprint density at radius 3 is 2.77 bits per heavy atom. The topological polar surface area (TPSA) is 71.5 Å². The summed E-state index contributed by atoms with van der Waals surface area (Å²) in [6.07, 6.45) is 3.51. The molecule has 1 N–H and O–H groups in total. The molecule has 0 atom stereocenters. The van der Waals surface area contributed by atoms with Crippen LogP contribution in [0, 0.1) is 0 Å². The van der Waals surface area contributed by atoms with Crippen LogP contribution in [0.1, 0.15) is 0 Å². The molecule has 4 heterocycles. The Hall–Kier alpha value is -3.38. The van der Waals surface area contributed by atoms with E-state index in [0.717, 1.165) is 22.0 Å². The molecule has 1 aromatic carbocycles. The lowest BCUT2D eigenvalue weighted by Crippen LogP contribution is -2.08. The lowest BCUT2D eigenvalue weighted by molar-refractivity contribution is 1.15. The molecule has 0 saturated carbocycles. The van der Waals surface area contributed by atoms with E-state index in [1.54, 1.807) is 6.20 Å². The first-order valence-corrected chi connectivity index (χ1v) is 8.96. The molecule has 124 valence electrons. The Morgan fingerprint density at radius 1 is 1.00 bits per heavy atom. The highest BCUT2D eigenvalue weighted by Crippen LogP contribution is 2.32. The molecule has 5 aromatic rings. The van der Waals surface area contributed by atoms with E-state index in [4.69, 9.17) is 0 Å². The van der Waals surface area contributed by atoms with Crippen molar-refractivity contribution in [1.29, 1.82) is 0 Å². The summed E-state index contributed by atoms with van der Waals surface area (Å²) in [6.45, 7) is 0. The highest BCUT2D eigenvalue weighted by atomic mass is 32.1. The lowest BCUT2D eigenvalue weighted by atomic mass is 10.1. The summed E-state index contributed by atoms with van der Waals surface area (Å²) in [7, 11) is 0. The number of aromatic amines is 1. The second-order valence-electron chi connectivity index (χ2n) is 5.87. The van der Waals surface area contributed by atoms with Gasteiger partial charge in [-0.1, -0.05) is 24.3 Å². The first kappa shape index (κ1) is 14.9. The molecule has 0 unspecified atom stereocenters. The fraction of sp³-hybridized carbons (Fsp3) is 0. The number of hydrogen-bond donors (Lipinski definition) is 1. The average molecular weight is 356 g/mol. The molecule has 0 saturated heterocycles. The third-order valence-electron chi connectivity index (χ3n) is 4.24. The van der Waals surface area contributed by atoms with E-state index in [-0.39, 0.29) is 5.56 Å². The summed E-state index contributed by atoms with van der Waals surface area (Å²) in [5, 5.41) is 3.01. The van der Waals surface area contributed by atoms with E-state index in [2.05, 4.69) is 26.0 Å². The Morgan fingerprint density at radius 2 is 1.88 bits per heavy atom. The fourth-order valence-corrected chi connectivity index (χ4v) is 3.88. The number of benzene rings is 1. The minimum Gasteiger partial charge on any atom is -0.304 e. The van der Waals surface area contributed by atoms with Gasteiger partial charge in [-0.2, -0.15) is 0 Å². The van der Waals surface area contributed by atoms with Crippen molar-refractivity contribution in [2.24, 2.45) is 0 Å². The minimum absolute atomic E-state index is 0.152. The maximum atomic E-state index is 12.5. The van der Waals surface area contributed by atoms with Gasteiger partial charge < -0.3 is 4.98 Å². The molecule has 0 aliphatic carbocycles. The maximum Gasteiger partial charge on any atom is 0.269 e. The lowest BCUT2D eigenvalue weighted by Gasteiger charge is -2.04. The summed E-state index contributed by atoms with van der Waals surface area (Å²) in [5.74, 6) is 0.469. The number of aromatic nitrogens is 4. The van der Waals surface area contributed by atoms with Crippen molar-refractivity contribution >= 4 is 32.5 Å². The van der Waals surface area contributed by atoms with Crippen molar-refractivity contribution < 1.29 is 0 Å². The molecule has 0 fully saturated rings. The van der Waals surface area contributed by atoms with E-state index in [1.165, 1.54) is 11.3 Å². The Kier molecular flexibility index (Phi) is 3.36. The summed E-state index contributed by atoms with van der Waals surface area (Å²) >= 11 is 1.39. The first-order chi connectivity index (χ1) is 12.8. The van der Waals surface area contributed by atoms with Crippen LogP contribution in [0.3, 0.4) is 0 Å². The summed E-state index contributed by atoms with van der Waals surface area (Å²) in [6, 6.07) is 15.6. The summed E-state index contributed by atoms with van der Waals surface area (Å²) in [4.78, 5) is 28.8. The highest BCUT2D eigenvalue weighted by molar-refractivity contribution is 7.17. The SMILES string of the molecule is O=c1[nH]c(-c2ccccn2)nc2c(-c3cnc4ccccc4c3)csc12. The van der Waals surface area contributed by atoms with Crippen molar-refractivity contribution in [3.8, 4) is 22.6 Å². The van der Waals surface area contributed by atoms with Gasteiger partial charge in [0.05, 0.1) is 11.0 Å². The molecule has 0 aliphatic rings. The van der Waals surface area contributed by atoms with Crippen LogP contribution in [0.25, 0.3) is 43.8 Å². The van der Waals surface area contributed by atoms with Gasteiger partial charge in [-0.15, -0.1) is 11.3 Å². The molecule has 0 amide bonds. The average Bonchev–Trinajstić information content (AvgIpc) is 3.13. The predicted octanol–water partition coefficient (Wildman–Crippen LogP) is 4.26. The molecule has 4 aromatic heterocycles. The number of para-hydroxylation sites is 1. The van der Waals surface area contributed by atoms with Gasteiger partial charge in [0.15, 0.2) is 5.82 Å². The zero-order valence-corrected chi connectivity index (χ0v) is 14.3. The van der Waals surface area contributed by atoms with Crippen LogP contribution in [0.15, 0.2) is 71.1 Å². The molecule has 0 aliphatic heterocycles. The van der Waals surface area contributed by atoms with Crippen LogP contribution in [-0.4, -0.2) is 19.9 Å². The van der Waals surface area contributed by atoms with E-state index < -0.39 is 0 Å². The van der Waals surface area contributed by atoms with E-state index >= 15 is 0 Å². The molecule has 26 heavy (non-hydrogen) atoms. The van der Waals surface area contributed by atoms with E-state index in [0.29, 0.717) is 21.7 Å². The summed E-state index contributed by atoms with van der Waals surface area (Å²) in [5.41, 5.74) is 3.96. The number of hydrogen-bond acceptors (Lipinski definition) is 5. The molecule has 5 nitrogen and oxygen atoms in total. The van der Waals surface area contributed by atoms with Crippen LogP contribution in [-0.2, 0) is 0 Å².